The van der Waals surface area contributed by atoms with E-state index in [0.717, 1.165) is 33.4 Å². The van der Waals surface area contributed by atoms with Crippen LogP contribution in [0.2, 0.25) is 0 Å². The number of benzene rings is 2. The molecule has 112 valence electrons. The molecule has 0 aliphatic rings. The van der Waals surface area contributed by atoms with Gasteiger partial charge in [0.2, 0.25) is 0 Å². The van der Waals surface area contributed by atoms with E-state index in [1.54, 1.807) is 6.20 Å². The summed E-state index contributed by atoms with van der Waals surface area (Å²) in [5, 5.41) is 1.45. The van der Waals surface area contributed by atoms with Gasteiger partial charge in [0.05, 0.1) is 11.0 Å². The van der Waals surface area contributed by atoms with Gasteiger partial charge in [-0.3, -0.25) is 9.36 Å². The summed E-state index contributed by atoms with van der Waals surface area (Å²) < 4.78 is 2.07. The highest BCUT2D eigenvalue weighted by atomic mass is 16.1. The molecule has 3 heteroatoms. The Balaban J connectivity index is 2.31. The van der Waals surface area contributed by atoms with Crippen molar-refractivity contribution in [3.05, 3.63) is 82.1 Å². The molecule has 0 aliphatic carbocycles. The van der Waals surface area contributed by atoms with E-state index in [0.29, 0.717) is 5.39 Å². The molecular formula is C20H16N2O. The van der Waals surface area contributed by atoms with Crippen LogP contribution in [0.15, 0.2) is 65.6 Å². The minimum Gasteiger partial charge on any atom is -0.294 e. The molecule has 4 rings (SSSR count). The zero-order chi connectivity index (χ0) is 16.0. The number of pyridine rings is 2. The molecule has 0 N–H and O–H groups in total. The van der Waals surface area contributed by atoms with Crippen molar-refractivity contribution in [2.24, 2.45) is 0 Å². The van der Waals surface area contributed by atoms with E-state index >= 15 is 0 Å². The van der Waals surface area contributed by atoms with Gasteiger partial charge in [0.25, 0.3) is 0 Å². The zero-order valence-electron chi connectivity index (χ0n) is 13.1. The molecule has 0 saturated carbocycles. The number of rotatable bonds is 1. The van der Waals surface area contributed by atoms with Crippen LogP contribution >= 0.6 is 0 Å². The van der Waals surface area contributed by atoms with Crippen LogP contribution < -0.4 is 5.43 Å². The molecule has 2 aromatic carbocycles. The maximum absolute atomic E-state index is 12.9. The predicted octanol–water partition coefficient (Wildman–Crippen LogP) is 4.16. The predicted molar refractivity (Wildman–Crippen MR) is 94.3 cm³/mol. The average molecular weight is 300 g/mol. The molecule has 2 aromatic heterocycles. The first kappa shape index (κ1) is 13.7. The van der Waals surface area contributed by atoms with Crippen LogP contribution in [0.3, 0.4) is 0 Å². The minimum atomic E-state index is 0.0749. The van der Waals surface area contributed by atoms with Gasteiger partial charge < -0.3 is 0 Å². The Hall–Kier alpha value is -2.94. The molecule has 0 saturated heterocycles. The second-order valence-electron chi connectivity index (χ2n) is 5.82. The lowest BCUT2D eigenvalue weighted by atomic mass is 10.0. The monoisotopic (exact) mass is 300 g/mol. The normalized spacial score (nSPS) is 11.2. The number of hydrogen-bond acceptors (Lipinski definition) is 2. The van der Waals surface area contributed by atoms with Gasteiger partial charge in [-0.1, -0.05) is 18.2 Å². The van der Waals surface area contributed by atoms with E-state index in [2.05, 4.69) is 22.5 Å². The molecule has 0 aliphatic heterocycles. The van der Waals surface area contributed by atoms with Crippen LogP contribution in [-0.4, -0.2) is 9.55 Å². The molecule has 4 aromatic rings. The summed E-state index contributed by atoms with van der Waals surface area (Å²) in [6, 6.07) is 17.6. The van der Waals surface area contributed by atoms with Crippen LogP contribution in [0.5, 0.6) is 0 Å². The fourth-order valence-electron chi connectivity index (χ4n) is 3.04. The van der Waals surface area contributed by atoms with E-state index < -0.39 is 0 Å². The number of aromatic nitrogens is 2. The average Bonchev–Trinajstić information content (AvgIpc) is 2.58. The van der Waals surface area contributed by atoms with E-state index in [1.165, 1.54) is 0 Å². The SMILES string of the molecule is Cc1cc2c(=O)c3ccccc3n(-c3ccccn3)c2cc1C. The molecule has 3 nitrogen and oxygen atoms in total. The smallest absolute Gasteiger partial charge is 0.197 e. The van der Waals surface area contributed by atoms with Crippen LogP contribution in [0.4, 0.5) is 0 Å². The summed E-state index contributed by atoms with van der Waals surface area (Å²) in [6.45, 7) is 4.10. The van der Waals surface area contributed by atoms with Gasteiger partial charge in [-0.2, -0.15) is 0 Å². The minimum absolute atomic E-state index is 0.0749. The summed E-state index contributed by atoms with van der Waals surface area (Å²) in [4.78, 5) is 17.4. The largest absolute Gasteiger partial charge is 0.294 e. The number of hydrogen-bond donors (Lipinski definition) is 0. The van der Waals surface area contributed by atoms with Crippen molar-refractivity contribution in [3.8, 4) is 5.82 Å². The summed E-state index contributed by atoms with van der Waals surface area (Å²) in [5.41, 5.74) is 4.14. The van der Waals surface area contributed by atoms with Crippen molar-refractivity contribution in [2.45, 2.75) is 13.8 Å². The maximum atomic E-state index is 12.9. The third kappa shape index (κ3) is 2.05. The van der Waals surface area contributed by atoms with Gasteiger partial charge >= 0.3 is 0 Å². The Morgan fingerprint density at radius 1 is 0.826 bits per heavy atom. The maximum Gasteiger partial charge on any atom is 0.197 e. The van der Waals surface area contributed by atoms with Gasteiger partial charge in [0, 0.05) is 17.0 Å². The Labute approximate surface area is 133 Å². The Morgan fingerprint density at radius 2 is 1.57 bits per heavy atom. The number of aryl methyl sites for hydroxylation is 2. The molecule has 0 fully saturated rings. The van der Waals surface area contributed by atoms with Crippen molar-refractivity contribution >= 4 is 21.8 Å². The third-order valence-electron chi connectivity index (χ3n) is 4.37. The van der Waals surface area contributed by atoms with Gasteiger partial charge in [0.15, 0.2) is 5.43 Å². The standard InChI is InChI=1S/C20H16N2O/c1-13-11-16-18(12-14(13)2)22(19-9-5-6-10-21-19)17-8-4-3-7-15(17)20(16)23/h3-12H,1-2H3. The van der Waals surface area contributed by atoms with Gasteiger partial charge in [-0.25, -0.2) is 4.98 Å². The molecule has 0 spiro atoms. The van der Waals surface area contributed by atoms with Crippen LogP contribution in [-0.2, 0) is 0 Å². The fourth-order valence-corrected chi connectivity index (χ4v) is 3.04. The molecule has 0 atom stereocenters. The van der Waals surface area contributed by atoms with Crippen molar-refractivity contribution < 1.29 is 0 Å². The van der Waals surface area contributed by atoms with Gasteiger partial charge in [0.1, 0.15) is 5.82 Å². The first-order chi connectivity index (χ1) is 11.2. The van der Waals surface area contributed by atoms with Crippen LogP contribution in [0.1, 0.15) is 11.1 Å². The molecule has 0 unspecified atom stereocenters. The molecule has 23 heavy (non-hydrogen) atoms. The number of nitrogens with zero attached hydrogens (tertiary/aromatic N) is 2. The summed E-state index contributed by atoms with van der Waals surface area (Å²) in [5.74, 6) is 0.817. The quantitative estimate of drug-likeness (QED) is 0.495. The molecular weight excluding hydrogens is 284 g/mol. The van der Waals surface area contributed by atoms with Crippen LogP contribution in [0.25, 0.3) is 27.6 Å². The van der Waals surface area contributed by atoms with Crippen molar-refractivity contribution in [2.75, 3.05) is 0 Å². The highest BCUT2D eigenvalue weighted by molar-refractivity contribution is 5.95. The van der Waals surface area contributed by atoms with Crippen molar-refractivity contribution in [1.82, 2.24) is 9.55 Å². The molecule has 0 radical (unpaired) electrons. The van der Waals surface area contributed by atoms with E-state index in [1.807, 2.05) is 55.5 Å². The van der Waals surface area contributed by atoms with Gasteiger partial charge in [-0.15, -0.1) is 0 Å². The third-order valence-corrected chi connectivity index (χ3v) is 4.37. The summed E-state index contributed by atoms with van der Waals surface area (Å²) >= 11 is 0. The van der Waals surface area contributed by atoms with Gasteiger partial charge in [-0.05, 0) is 61.4 Å². The lowest BCUT2D eigenvalue weighted by Crippen LogP contribution is -2.11. The van der Waals surface area contributed by atoms with Crippen molar-refractivity contribution in [1.29, 1.82) is 0 Å². The van der Waals surface area contributed by atoms with E-state index in [4.69, 9.17) is 0 Å². The summed E-state index contributed by atoms with van der Waals surface area (Å²) in [6.07, 6.45) is 1.77. The topological polar surface area (TPSA) is 34.9 Å². The Morgan fingerprint density at radius 3 is 2.35 bits per heavy atom. The lowest BCUT2D eigenvalue weighted by molar-refractivity contribution is 1.07. The Kier molecular flexibility index (Phi) is 3.01. The van der Waals surface area contributed by atoms with Crippen molar-refractivity contribution in [3.63, 3.8) is 0 Å². The van der Waals surface area contributed by atoms with E-state index in [9.17, 15) is 4.79 Å². The number of fused-ring (bicyclic) bond motifs is 2. The summed E-state index contributed by atoms with van der Waals surface area (Å²) in [7, 11) is 0. The van der Waals surface area contributed by atoms with E-state index in [-0.39, 0.29) is 5.43 Å². The second-order valence-corrected chi connectivity index (χ2v) is 5.82. The fraction of sp³-hybridized carbons (Fsp3) is 0.100. The van der Waals surface area contributed by atoms with Crippen LogP contribution in [0, 0.1) is 13.8 Å². The number of para-hydroxylation sites is 1. The highest BCUT2D eigenvalue weighted by Crippen LogP contribution is 2.25. The first-order valence-corrected chi connectivity index (χ1v) is 7.63. The Bertz CT molecular complexity index is 1100. The second kappa shape index (κ2) is 5.06. The lowest BCUT2D eigenvalue weighted by Gasteiger charge is -2.15. The first-order valence-electron chi connectivity index (χ1n) is 7.63. The zero-order valence-corrected chi connectivity index (χ0v) is 13.1. The highest BCUT2D eigenvalue weighted by Gasteiger charge is 2.13. The molecule has 2 heterocycles. The molecule has 0 amide bonds. The molecule has 0 bridgehead atoms.